The van der Waals surface area contributed by atoms with E-state index in [1.165, 1.54) is 5.69 Å². The van der Waals surface area contributed by atoms with Crippen LogP contribution < -0.4 is 14.8 Å². The van der Waals surface area contributed by atoms with Crippen molar-refractivity contribution in [3.63, 3.8) is 0 Å². The molecule has 1 N–H and O–H groups in total. The average molecular weight is 287 g/mol. The third-order valence-electron chi connectivity index (χ3n) is 4.07. The van der Waals surface area contributed by atoms with Crippen molar-refractivity contribution >= 4 is 0 Å². The Morgan fingerprint density at radius 2 is 2.00 bits per heavy atom. The molecule has 0 unspecified atom stereocenters. The van der Waals surface area contributed by atoms with Crippen molar-refractivity contribution in [3.8, 4) is 17.2 Å². The van der Waals surface area contributed by atoms with E-state index in [-0.39, 0.29) is 0 Å². The minimum absolute atomic E-state index is 0.532. The van der Waals surface area contributed by atoms with E-state index in [9.17, 15) is 0 Å². The van der Waals surface area contributed by atoms with Crippen molar-refractivity contribution in [1.82, 2.24) is 14.9 Å². The SMILES string of the molecule is COc1ccc(OC)c(-n2cncc2C2CCNCC2)c1. The molecule has 0 bridgehead atoms. The highest BCUT2D eigenvalue weighted by Gasteiger charge is 2.20. The molecule has 5 heteroatoms. The van der Waals surface area contributed by atoms with Crippen LogP contribution in [-0.4, -0.2) is 36.9 Å². The molecule has 3 rings (SSSR count). The van der Waals surface area contributed by atoms with Gasteiger partial charge in [-0.2, -0.15) is 0 Å². The number of hydrogen-bond acceptors (Lipinski definition) is 4. The van der Waals surface area contributed by atoms with E-state index >= 15 is 0 Å². The van der Waals surface area contributed by atoms with Gasteiger partial charge < -0.3 is 14.8 Å². The summed E-state index contributed by atoms with van der Waals surface area (Å²) in [6.45, 7) is 2.12. The predicted molar refractivity (Wildman–Crippen MR) is 81.5 cm³/mol. The first-order valence-electron chi connectivity index (χ1n) is 7.29. The van der Waals surface area contributed by atoms with Gasteiger partial charge in [0.25, 0.3) is 0 Å². The Morgan fingerprint density at radius 1 is 1.19 bits per heavy atom. The van der Waals surface area contributed by atoms with Crippen molar-refractivity contribution in [2.45, 2.75) is 18.8 Å². The zero-order valence-electron chi connectivity index (χ0n) is 12.5. The fraction of sp³-hybridized carbons (Fsp3) is 0.438. The van der Waals surface area contributed by atoms with Crippen LogP contribution in [0.4, 0.5) is 0 Å². The maximum atomic E-state index is 5.49. The normalized spacial score (nSPS) is 15.9. The minimum Gasteiger partial charge on any atom is -0.497 e. The summed E-state index contributed by atoms with van der Waals surface area (Å²) in [5.41, 5.74) is 2.21. The summed E-state index contributed by atoms with van der Waals surface area (Å²) in [5.74, 6) is 2.17. The first-order valence-corrected chi connectivity index (χ1v) is 7.29. The van der Waals surface area contributed by atoms with Crippen LogP contribution >= 0.6 is 0 Å². The van der Waals surface area contributed by atoms with Gasteiger partial charge in [-0.3, -0.25) is 4.57 Å². The van der Waals surface area contributed by atoms with Gasteiger partial charge in [-0.25, -0.2) is 4.98 Å². The molecule has 2 aromatic rings. The molecular formula is C16H21N3O2. The van der Waals surface area contributed by atoms with E-state index in [0.29, 0.717) is 5.92 Å². The Morgan fingerprint density at radius 3 is 2.71 bits per heavy atom. The Labute approximate surface area is 124 Å². The van der Waals surface area contributed by atoms with Gasteiger partial charge in [0.2, 0.25) is 0 Å². The minimum atomic E-state index is 0.532. The molecule has 0 atom stereocenters. The quantitative estimate of drug-likeness (QED) is 0.938. The molecule has 0 aliphatic carbocycles. The standard InChI is InChI=1S/C16H21N3O2/c1-20-13-3-4-16(21-2)14(9-13)19-11-18-10-15(19)12-5-7-17-8-6-12/h3-4,9-12,17H,5-8H2,1-2H3. The van der Waals surface area contributed by atoms with Crippen molar-refractivity contribution in [3.05, 3.63) is 36.4 Å². The van der Waals surface area contributed by atoms with E-state index in [0.717, 1.165) is 43.1 Å². The van der Waals surface area contributed by atoms with E-state index in [2.05, 4.69) is 14.9 Å². The van der Waals surface area contributed by atoms with Crippen LogP contribution in [0.15, 0.2) is 30.7 Å². The molecule has 0 saturated carbocycles. The predicted octanol–water partition coefficient (Wildman–Crippen LogP) is 2.36. The summed E-state index contributed by atoms with van der Waals surface area (Å²) in [6, 6.07) is 5.83. The summed E-state index contributed by atoms with van der Waals surface area (Å²) in [4.78, 5) is 4.35. The highest BCUT2D eigenvalue weighted by Crippen LogP contribution is 2.32. The third kappa shape index (κ3) is 2.74. The largest absolute Gasteiger partial charge is 0.497 e. The summed E-state index contributed by atoms with van der Waals surface area (Å²) in [6.07, 6.45) is 6.10. The first kappa shape index (κ1) is 13.9. The van der Waals surface area contributed by atoms with Crippen LogP contribution in [0, 0.1) is 0 Å². The van der Waals surface area contributed by atoms with Crippen LogP contribution in [0.2, 0.25) is 0 Å². The maximum Gasteiger partial charge on any atom is 0.143 e. The van der Waals surface area contributed by atoms with Gasteiger partial charge in [-0.05, 0) is 38.1 Å². The number of rotatable bonds is 4. The lowest BCUT2D eigenvalue weighted by Gasteiger charge is -2.24. The van der Waals surface area contributed by atoms with Crippen molar-refractivity contribution in [1.29, 1.82) is 0 Å². The lowest BCUT2D eigenvalue weighted by Crippen LogP contribution is -2.27. The molecule has 0 spiro atoms. The van der Waals surface area contributed by atoms with E-state index in [1.807, 2.05) is 30.7 Å². The fourth-order valence-corrected chi connectivity index (χ4v) is 2.91. The second-order valence-corrected chi connectivity index (χ2v) is 5.25. The molecule has 1 aromatic heterocycles. The third-order valence-corrected chi connectivity index (χ3v) is 4.07. The topological polar surface area (TPSA) is 48.3 Å². The lowest BCUT2D eigenvalue weighted by atomic mass is 9.95. The van der Waals surface area contributed by atoms with Crippen molar-refractivity contribution < 1.29 is 9.47 Å². The molecular weight excluding hydrogens is 266 g/mol. The van der Waals surface area contributed by atoms with Crippen molar-refractivity contribution in [2.75, 3.05) is 27.3 Å². The van der Waals surface area contributed by atoms with E-state index in [1.54, 1.807) is 14.2 Å². The Kier molecular flexibility index (Phi) is 4.10. The van der Waals surface area contributed by atoms with Crippen LogP contribution in [0.3, 0.4) is 0 Å². The number of ether oxygens (including phenoxy) is 2. The zero-order valence-corrected chi connectivity index (χ0v) is 12.5. The molecule has 1 aliphatic heterocycles. The Hall–Kier alpha value is -2.01. The first-order chi connectivity index (χ1) is 10.3. The number of benzene rings is 1. The summed E-state index contributed by atoms with van der Waals surface area (Å²) >= 11 is 0. The molecule has 1 fully saturated rings. The summed E-state index contributed by atoms with van der Waals surface area (Å²) in [7, 11) is 3.36. The van der Waals surface area contributed by atoms with Gasteiger partial charge in [-0.15, -0.1) is 0 Å². The van der Waals surface area contributed by atoms with Gasteiger partial charge in [-0.1, -0.05) is 0 Å². The number of imidazole rings is 1. The highest BCUT2D eigenvalue weighted by atomic mass is 16.5. The Bertz CT molecular complexity index is 603. The van der Waals surface area contributed by atoms with Gasteiger partial charge in [0.1, 0.15) is 11.5 Å². The average Bonchev–Trinajstić information content (AvgIpc) is 3.04. The van der Waals surface area contributed by atoms with Gasteiger partial charge in [0.05, 0.1) is 26.2 Å². The molecule has 2 heterocycles. The fourth-order valence-electron chi connectivity index (χ4n) is 2.91. The second kappa shape index (κ2) is 6.18. The monoisotopic (exact) mass is 287 g/mol. The van der Waals surface area contributed by atoms with Gasteiger partial charge in [0.15, 0.2) is 0 Å². The van der Waals surface area contributed by atoms with Crippen LogP contribution in [0.5, 0.6) is 11.5 Å². The van der Waals surface area contributed by atoms with Crippen LogP contribution in [0.1, 0.15) is 24.5 Å². The molecule has 5 nitrogen and oxygen atoms in total. The molecule has 1 aromatic carbocycles. The number of hydrogen-bond donors (Lipinski definition) is 1. The molecule has 112 valence electrons. The molecule has 1 aliphatic rings. The van der Waals surface area contributed by atoms with E-state index < -0.39 is 0 Å². The number of nitrogens with one attached hydrogen (secondary N) is 1. The molecule has 0 radical (unpaired) electrons. The number of aromatic nitrogens is 2. The summed E-state index contributed by atoms with van der Waals surface area (Å²) < 4.78 is 13.0. The molecule has 21 heavy (non-hydrogen) atoms. The maximum absolute atomic E-state index is 5.49. The zero-order chi connectivity index (χ0) is 14.7. The number of methoxy groups -OCH3 is 2. The summed E-state index contributed by atoms with van der Waals surface area (Å²) in [5, 5.41) is 3.40. The van der Waals surface area contributed by atoms with Crippen molar-refractivity contribution in [2.24, 2.45) is 0 Å². The molecule has 1 saturated heterocycles. The molecule has 0 amide bonds. The van der Waals surface area contributed by atoms with Gasteiger partial charge >= 0.3 is 0 Å². The van der Waals surface area contributed by atoms with Crippen LogP contribution in [0.25, 0.3) is 5.69 Å². The van der Waals surface area contributed by atoms with E-state index in [4.69, 9.17) is 9.47 Å². The smallest absolute Gasteiger partial charge is 0.143 e. The highest BCUT2D eigenvalue weighted by molar-refractivity contribution is 5.52. The second-order valence-electron chi connectivity index (χ2n) is 5.25. The number of piperidine rings is 1. The van der Waals surface area contributed by atoms with Gasteiger partial charge in [0, 0.05) is 23.9 Å². The Balaban J connectivity index is 2.02. The lowest BCUT2D eigenvalue weighted by molar-refractivity contribution is 0.400. The van der Waals surface area contributed by atoms with Crippen LogP contribution in [-0.2, 0) is 0 Å². The number of nitrogens with zero attached hydrogens (tertiary/aromatic N) is 2.